The predicted octanol–water partition coefficient (Wildman–Crippen LogP) is 15.4. The van der Waals surface area contributed by atoms with Gasteiger partial charge in [0.05, 0.1) is 0 Å². The van der Waals surface area contributed by atoms with Gasteiger partial charge in [0.2, 0.25) is 0 Å². The monoisotopic (exact) mass is 748 g/mol. The molecule has 0 N–H and O–H groups in total. The molecule has 0 amide bonds. The van der Waals surface area contributed by atoms with Crippen molar-refractivity contribution in [3.05, 3.63) is 229 Å². The first-order valence-electron chi connectivity index (χ1n) is 20.3. The summed E-state index contributed by atoms with van der Waals surface area (Å²) in [5.41, 5.74) is 16.1. The zero-order chi connectivity index (χ0) is 41.1. The molecule has 4 aromatic rings. The summed E-state index contributed by atoms with van der Waals surface area (Å²) in [6.07, 6.45) is 23.1. The van der Waals surface area contributed by atoms with E-state index >= 15 is 0 Å². The number of hydrogen-bond acceptors (Lipinski definition) is 2. The highest BCUT2D eigenvalue weighted by Crippen LogP contribution is 2.45. The van der Waals surface area contributed by atoms with Gasteiger partial charge in [0.1, 0.15) is 0 Å². The van der Waals surface area contributed by atoms with Gasteiger partial charge in [0, 0.05) is 51.1 Å². The van der Waals surface area contributed by atoms with Crippen LogP contribution >= 0.6 is 0 Å². The molecule has 0 spiro atoms. The number of hydrogen-bond donors (Lipinski definition) is 0. The van der Waals surface area contributed by atoms with Crippen LogP contribution in [0.4, 0.5) is 11.4 Å². The second-order valence-electron chi connectivity index (χ2n) is 14.9. The lowest BCUT2D eigenvalue weighted by molar-refractivity contribution is 0.414. The second-order valence-corrected chi connectivity index (χ2v) is 14.9. The van der Waals surface area contributed by atoms with E-state index in [0.29, 0.717) is 0 Å². The summed E-state index contributed by atoms with van der Waals surface area (Å²) >= 11 is 0. The molecule has 1 unspecified atom stereocenters. The van der Waals surface area contributed by atoms with E-state index in [0.717, 1.165) is 52.3 Å². The standard InChI is InChI=1S/C53H54N2.C2H6/c1-10-14-22-49-51(24-17-19-38(5)52(49)53(8,9)45-32-26-41(13-4)27-33-45)55(40(7)12-3)47-36-30-43(31-37-47)42-28-34-46(35-29-42)54(39(6)11-2)50-25-18-21-44-20-15-16-23-48(44)50;1-2/h10-17,19-20,22-37,52H,1,3-4,7,18,21H2,2,5-6,8-9H3;1-2H3/b22-14-,39-11+;. The van der Waals surface area contributed by atoms with Crippen LogP contribution in [0, 0.1) is 5.92 Å². The third-order valence-electron chi connectivity index (χ3n) is 11.1. The fourth-order valence-corrected chi connectivity index (χ4v) is 8.10. The second kappa shape index (κ2) is 19.2. The van der Waals surface area contributed by atoms with E-state index in [9.17, 15) is 0 Å². The first kappa shape index (κ1) is 42.0. The van der Waals surface area contributed by atoms with Gasteiger partial charge in [-0.05, 0) is 103 Å². The number of allylic oxidation sites excluding steroid dienone is 12. The molecule has 0 aliphatic heterocycles. The fraction of sp³-hybridized carbons (Fsp3) is 0.200. The molecular weight excluding hydrogens is 689 g/mol. The van der Waals surface area contributed by atoms with E-state index < -0.39 is 0 Å². The van der Waals surface area contributed by atoms with Gasteiger partial charge in [-0.1, -0.05) is 181 Å². The van der Waals surface area contributed by atoms with Crippen molar-refractivity contribution in [1.29, 1.82) is 0 Å². The predicted molar refractivity (Wildman–Crippen MR) is 252 cm³/mol. The summed E-state index contributed by atoms with van der Waals surface area (Å²) in [5.74, 6) is 0.0600. The highest BCUT2D eigenvalue weighted by atomic mass is 15.2. The minimum atomic E-state index is -0.243. The third-order valence-corrected chi connectivity index (χ3v) is 11.1. The van der Waals surface area contributed by atoms with Crippen molar-refractivity contribution in [2.24, 2.45) is 5.92 Å². The Bertz CT molecular complexity index is 2260. The lowest BCUT2D eigenvalue weighted by Gasteiger charge is -2.39. The molecule has 6 rings (SSSR count). The van der Waals surface area contributed by atoms with Crippen LogP contribution in [0.3, 0.4) is 0 Å². The first-order chi connectivity index (χ1) is 27.6. The Balaban J connectivity index is 0.00000305. The van der Waals surface area contributed by atoms with E-state index in [-0.39, 0.29) is 11.3 Å². The quantitative estimate of drug-likeness (QED) is 0.126. The first-order valence-corrected chi connectivity index (χ1v) is 20.3. The number of anilines is 2. The zero-order valence-electron chi connectivity index (χ0n) is 35.2. The fourth-order valence-electron chi connectivity index (χ4n) is 8.10. The van der Waals surface area contributed by atoms with Crippen LogP contribution in [0.2, 0.25) is 0 Å². The summed E-state index contributed by atoms with van der Waals surface area (Å²) in [6, 6.07) is 35.3. The number of fused-ring (bicyclic) bond motifs is 1. The van der Waals surface area contributed by atoms with Crippen LogP contribution in [-0.4, -0.2) is 0 Å². The van der Waals surface area contributed by atoms with Gasteiger partial charge in [0.15, 0.2) is 0 Å². The van der Waals surface area contributed by atoms with Crippen molar-refractivity contribution in [2.45, 2.75) is 66.7 Å². The Kier molecular flexibility index (Phi) is 14.1. The van der Waals surface area contributed by atoms with E-state index in [2.05, 4.69) is 204 Å². The van der Waals surface area contributed by atoms with Crippen LogP contribution in [0.25, 0.3) is 22.9 Å². The molecular formula is C55H60N2. The summed E-state index contributed by atoms with van der Waals surface area (Å²) in [4.78, 5) is 4.61. The smallest absolute Gasteiger partial charge is 0.0499 e. The maximum absolute atomic E-state index is 4.49. The highest BCUT2D eigenvalue weighted by Gasteiger charge is 2.37. The van der Waals surface area contributed by atoms with Crippen LogP contribution in [0.1, 0.15) is 77.1 Å². The maximum Gasteiger partial charge on any atom is 0.0499 e. The average Bonchev–Trinajstić information content (AvgIpc) is 3.42. The molecule has 1 atom stereocenters. The largest absolute Gasteiger partial charge is 0.315 e. The van der Waals surface area contributed by atoms with E-state index in [1.165, 1.54) is 39.2 Å². The lowest BCUT2D eigenvalue weighted by Crippen LogP contribution is -2.33. The van der Waals surface area contributed by atoms with Crippen molar-refractivity contribution in [2.75, 3.05) is 9.80 Å². The molecule has 0 saturated heterocycles. The number of rotatable bonds is 13. The zero-order valence-corrected chi connectivity index (χ0v) is 35.2. The molecule has 2 heteroatoms. The van der Waals surface area contributed by atoms with Crippen molar-refractivity contribution < 1.29 is 0 Å². The SMILES string of the molecule is C=C/C=C\C1=C(N(C(=C)C=C)c2ccc(-c3ccc(N(C4=CCCc5ccccc54)/C(C)=C/C)cc3)cc2)C=CC=C(C)C1C(C)(C)c1ccc(C=C)cc1.CC. The van der Waals surface area contributed by atoms with E-state index in [1.807, 2.05) is 38.2 Å². The van der Waals surface area contributed by atoms with Crippen LogP contribution < -0.4 is 9.80 Å². The Morgan fingerprint density at radius 3 is 2.00 bits per heavy atom. The number of benzene rings is 4. The summed E-state index contributed by atoms with van der Waals surface area (Å²) in [7, 11) is 0. The Hall–Kier alpha value is -6.12. The van der Waals surface area contributed by atoms with E-state index in [4.69, 9.17) is 0 Å². The molecule has 0 bridgehead atoms. The minimum Gasteiger partial charge on any atom is -0.315 e. The van der Waals surface area contributed by atoms with Crippen molar-refractivity contribution in [3.8, 4) is 11.1 Å². The topological polar surface area (TPSA) is 6.48 Å². The molecule has 4 aromatic carbocycles. The minimum absolute atomic E-state index is 0.0600. The molecule has 290 valence electrons. The molecule has 0 radical (unpaired) electrons. The highest BCUT2D eigenvalue weighted by molar-refractivity contribution is 5.85. The average molecular weight is 749 g/mol. The van der Waals surface area contributed by atoms with Crippen LogP contribution in [-0.2, 0) is 11.8 Å². The number of nitrogens with zero attached hydrogens (tertiary/aromatic N) is 2. The van der Waals surface area contributed by atoms with Crippen molar-refractivity contribution in [1.82, 2.24) is 0 Å². The molecule has 0 fully saturated rings. The van der Waals surface area contributed by atoms with Crippen molar-refractivity contribution >= 4 is 23.1 Å². The van der Waals surface area contributed by atoms with Gasteiger partial charge in [-0.25, -0.2) is 0 Å². The third kappa shape index (κ3) is 8.97. The molecule has 0 heterocycles. The summed E-state index contributed by atoms with van der Waals surface area (Å²) in [6.45, 7) is 31.8. The van der Waals surface area contributed by atoms with Gasteiger partial charge in [-0.15, -0.1) is 0 Å². The summed E-state index contributed by atoms with van der Waals surface area (Å²) in [5, 5.41) is 0. The van der Waals surface area contributed by atoms with Gasteiger partial charge in [-0.3, -0.25) is 0 Å². The molecule has 2 aliphatic carbocycles. The van der Waals surface area contributed by atoms with Gasteiger partial charge in [-0.2, -0.15) is 0 Å². The summed E-state index contributed by atoms with van der Waals surface area (Å²) < 4.78 is 0. The molecule has 2 aliphatic rings. The molecule has 0 aromatic heterocycles. The lowest BCUT2D eigenvalue weighted by atomic mass is 9.66. The van der Waals surface area contributed by atoms with Gasteiger partial charge in [0.25, 0.3) is 0 Å². The van der Waals surface area contributed by atoms with Gasteiger partial charge < -0.3 is 9.80 Å². The number of aryl methyl sites for hydroxylation is 1. The van der Waals surface area contributed by atoms with Crippen LogP contribution in [0.15, 0.2) is 206 Å². The van der Waals surface area contributed by atoms with Crippen LogP contribution in [0.5, 0.6) is 0 Å². The Morgan fingerprint density at radius 1 is 0.807 bits per heavy atom. The Morgan fingerprint density at radius 2 is 1.42 bits per heavy atom. The molecule has 2 nitrogen and oxygen atoms in total. The van der Waals surface area contributed by atoms with Crippen molar-refractivity contribution in [3.63, 3.8) is 0 Å². The molecule has 57 heavy (non-hydrogen) atoms. The molecule has 0 saturated carbocycles. The van der Waals surface area contributed by atoms with Gasteiger partial charge >= 0.3 is 0 Å². The Labute approximate surface area is 344 Å². The normalized spacial score (nSPS) is 15.4. The van der Waals surface area contributed by atoms with E-state index in [1.54, 1.807) is 0 Å². The maximum atomic E-state index is 4.49.